The van der Waals surface area contributed by atoms with Gasteiger partial charge in [0.2, 0.25) is 5.13 Å². The largest absolute Gasteiger partial charge is 0.496 e. The molecule has 0 atom stereocenters. The molecule has 0 saturated carbocycles. The molecule has 1 aromatic heterocycles. The summed E-state index contributed by atoms with van der Waals surface area (Å²) in [6.45, 7) is 7.20. The summed E-state index contributed by atoms with van der Waals surface area (Å²) in [6.07, 6.45) is 0. The van der Waals surface area contributed by atoms with Crippen molar-refractivity contribution in [3.8, 4) is 5.75 Å². The first-order valence-corrected chi connectivity index (χ1v) is 7.40. The molecule has 108 valence electrons. The van der Waals surface area contributed by atoms with E-state index >= 15 is 0 Å². The molecule has 20 heavy (non-hydrogen) atoms. The molecule has 5 heteroatoms. The first-order chi connectivity index (χ1) is 9.41. The molecule has 0 unspecified atom stereocenters. The van der Waals surface area contributed by atoms with Crippen LogP contribution >= 0.6 is 11.3 Å². The molecular weight excluding hydrogens is 270 g/mol. The number of rotatable bonds is 4. The molecule has 1 aromatic carbocycles. The quantitative estimate of drug-likeness (QED) is 0.864. The van der Waals surface area contributed by atoms with E-state index in [1.165, 1.54) is 0 Å². The average Bonchev–Trinajstić information content (AvgIpc) is 2.89. The minimum absolute atomic E-state index is 0.0429. The molecule has 4 nitrogen and oxygen atoms in total. The highest BCUT2D eigenvalue weighted by molar-refractivity contribution is 7.15. The van der Waals surface area contributed by atoms with Gasteiger partial charge in [-0.1, -0.05) is 50.3 Å². The van der Waals surface area contributed by atoms with Crippen LogP contribution in [0.3, 0.4) is 0 Å². The van der Waals surface area contributed by atoms with Gasteiger partial charge in [0.05, 0.1) is 7.11 Å². The molecule has 0 amide bonds. The first-order valence-electron chi connectivity index (χ1n) is 6.59. The zero-order valence-electron chi connectivity index (χ0n) is 12.7. The van der Waals surface area contributed by atoms with Crippen molar-refractivity contribution in [2.24, 2.45) is 0 Å². The number of nitrogens with zero attached hydrogens (tertiary/aromatic N) is 3. The lowest BCUT2D eigenvalue weighted by atomic mass is 9.98. The smallest absolute Gasteiger partial charge is 0.208 e. The summed E-state index contributed by atoms with van der Waals surface area (Å²) in [6, 6.07) is 8.04. The van der Waals surface area contributed by atoms with Crippen molar-refractivity contribution >= 4 is 16.5 Å². The van der Waals surface area contributed by atoms with Crippen LogP contribution < -0.4 is 9.64 Å². The van der Waals surface area contributed by atoms with Gasteiger partial charge in [0.15, 0.2) is 0 Å². The molecule has 0 N–H and O–H groups in total. The minimum Gasteiger partial charge on any atom is -0.496 e. The second-order valence-electron chi connectivity index (χ2n) is 5.81. The van der Waals surface area contributed by atoms with Crippen LogP contribution in [0.2, 0.25) is 0 Å². The summed E-state index contributed by atoms with van der Waals surface area (Å²) in [7, 11) is 3.72. The van der Waals surface area contributed by atoms with Gasteiger partial charge in [-0.3, -0.25) is 0 Å². The molecular formula is C15H21N3OS. The summed E-state index contributed by atoms with van der Waals surface area (Å²) in [5.41, 5.74) is 1.19. The van der Waals surface area contributed by atoms with E-state index in [1.54, 1.807) is 18.4 Å². The van der Waals surface area contributed by atoms with Crippen molar-refractivity contribution < 1.29 is 4.74 Å². The van der Waals surface area contributed by atoms with Crippen LogP contribution in [-0.2, 0) is 12.0 Å². The zero-order chi connectivity index (χ0) is 14.8. The number of aromatic nitrogens is 2. The summed E-state index contributed by atoms with van der Waals surface area (Å²) < 4.78 is 5.38. The van der Waals surface area contributed by atoms with Crippen LogP contribution in [0, 0.1) is 0 Å². The minimum atomic E-state index is 0.0429. The van der Waals surface area contributed by atoms with Crippen LogP contribution in [0.5, 0.6) is 5.75 Å². The predicted octanol–water partition coefficient (Wildman–Crippen LogP) is 3.48. The van der Waals surface area contributed by atoms with Gasteiger partial charge in [0, 0.05) is 24.6 Å². The molecule has 0 bridgehead atoms. The third-order valence-corrected chi connectivity index (χ3v) is 4.45. The number of methoxy groups -OCH3 is 1. The van der Waals surface area contributed by atoms with E-state index in [2.05, 4.69) is 41.9 Å². The molecule has 0 radical (unpaired) electrons. The Morgan fingerprint density at radius 3 is 2.50 bits per heavy atom. The van der Waals surface area contributed by atoms with E-state index in [4.69, 9.17) is 4.74 Å². The Labute approximate surface area is 124 Å². The van der Waals surface area contributed by atoms with E-state index in [-0.39, 0.29) is 5.41 Å². The molecule has 2 rings (SSSR count). The molecule has 0 spiro atoms. The number of anilines is 1. The van der Waals surface area contributed by atoms with Crippen LogP contribution in [0.25, 0.3) is 0 Å². The van der Waals surface area contributed by atoms with E-state index in [9.17, 15) is 0 Å². The Morgan fingerprint density at radius 1 is 1.20 bits per heavy atom. The number of ether oxygens (including phenoxy) is 1. The number of para-hydroxylation sites is 1. The van der Waals surface area contributed by atoms with E-state index in [0.717, 1.165) is 28.0 Å². The monoisotopic (exact) mass is 291 g/mol. The molecule has 2 aromatic rings. The van der Waals surface area contributed by atoms with Gasteiger partial charge >= 0.3 is 0 Å². The van der Waals surface area contributed by atoms with E-state index < -0.39 is 0 Å². The standard InChI is InChI=1S/C15H21N3OS/c1-15(2,3)13-16-17-14(20-13)18(4)10-11-8-6-7-9-12(11)19-5/h6-9H,10H2,1-5H3. The van der Waals surface area contributed by atoms with E-state index in [0.29, 0.717) is 0 Å². The summed E-state index contributed by atoms with van der Waals surface area (Å²) in [5.74, 6) is 0.903. The second-order valence-corrected chi connectivity index (χ2v) is 6.76. The molecule has 1 heterocycles. The Morgan fingerprint density at radius 2 is 1.90 bits per heavy atom. The SMILES string of the molecule is COc1ccccc1CN(C)c1nnc(C(C)(C)C)s1. The van der Waals surface area contributed by atoms with Gasteiger partial charge in [-0.05, 0) is 6.07 Å². The lowest BCUT2D eigenvalue weighted by Gasteiger charge is -2.17. The fourth-order valence-corrected chi connectivity index (χ4v) is 2.69. The lowest BCUT2D eigenvalue weighted by Crippen LogP contribution is -2.16. The Balaban J connectivity index is 2.16. The summed E-state index contributed by atoms with van der Waals surface area (Å²) in [4.78, 5) is 2.10. The fraction of sp³-hybridized carbons (Fsp3) is 0.467. The van der Waals surface area contributed by atoms with Crippen LogP contribution in [-0.4, -0.2) is 24.4 Å². The molecule has 0 aliphatic carbocycles. The Kier molecular flexibility index (Phi) is 4.28. The van der Waals surface area contributed by atoms with Crippen molar-refractivity contribution in [2.45, 2.75) is 32.7 Å². The van der Waals surface area contributed by atoms with Gasteiger partial charge in [0.1, 0.15) is 10.8 Å². The molecule has 0 fully saturated rings. The van der Waals surface area contributed by atoms with Crippen molar-refractivity contribution in [1.29, 1.82) is 0 Å². The molecule has 0 aliphatic heterocycles. The fourth-order valence-electron chi connectivity index (χ4n) is 1.83. The lowest BCUT2D eigenvalue weighted by molar-refractivity contribution is 0.409. The highest BCUT2D eigenvalue weighted by atomic mass is 32.1. The zero-order valence-corrected chi connectivity index (χ0v) is 13.5. The maximum atomic E-state index is 5.38. The van der Waals surface area contributed by atoms with Gasteiger partial charge in [-0.2, -0.15) is 0 Å². The van der Waals surface area contributed by atoms with Gasteiger partial charge in [0.25, 0.3) is 0 Å². The van der Waals surface area contributed by atoms with Crippen molar-refractivity contribution in [3.63, 3.8) is 0 Å². The van der Waals surface area contributed by atoms with Gasteiger partial charge in [-0.25, -0.2) is 0 Å². The molecule has 0 saturated heterocycles. The number of benzene rings is 1. The van der Waals surface area contributed by atoms with Crippen molar-refractivity contribution in [2.75, 3.05) is 19.1 Å². The predicted molar refractivity (Wildman–Crippen MR) is 83.7 cm³/mol. The number of hydrogen-bond donors (Lipinski definition) is 0. The second kappa shape index (κ2) is 5.79. The third kappa shape index (κ3) is 3.28. The van der Waals surface area contributed by atoms with Gasteiger partial charge < -0.3 is 9.64 Å². The van der Waals surface area contributed by atoms with Crippen LogP contribution in [0.15, 0.2) is 24.3 Å². The third-order valence-electron chi connectivity index (χ3n) is 2.98. The van der Waals surface area contributed by atoms with Crippen molar-refractivity contribution in [3.05, 3.63) is 34.8 Å². The summed E-state index contributed by atoms with van der Waals surface area (Å²) >= 11 is 1.64. The van der Waals surface area contributed by atoms with Crippen LogP contribution in [0.1, 0.15) is 31.3 Å². The molecule has 0 aliphatic rings. The maximum Gasteiger partial charge on any atom is 0.208 e. The highest BCUT2D eigenvalue weighted by Crippen LogP contribution is 2.30. The number of hydrogen-bond acceptors (Lipinski definition) is 5. The van der Waals surface area contributed by atoms with E-state index in [1.807, 2.05) is 25.2 Å². The van der Waals surface area contributed by atoms with Gasteiger partial charge in [-0.15, -0.1) is 10.2 Å². The topological polar surface area (TPSA) is 38.2 Å². The Bertz CT molecular complexity index is 574. The average molecular weight is 291 g/mol. The summed E-state index contributed by atoms with van der Waals surface area (Å²) in [5, 5.41) is 10.6. The van der Waals surface area contributed by atoms with Crippen molar-refractivity contribution in [1.82, 2.24) is 10.2 Å². The normalized spacial score (nSPS) is 11.4. The first kappa shape index (κ1) is 14.8. The highest BCUT2D eigenvalue weighted by Gasteiger charge is 2.20. The van der Waals surface area contributed by atoms with Crippen LogP contribution in [0.4, 0.5) is 5.13 Å². The Hall–Kier alpha value is -1.62. The maximum absolute atomic E-state index is 5.38.